The van der Waals surface area contributed by atoms with E-state index in [-0.39, 0.29) is 0 Å². The molecule has 1 rings (SSSR count). The number of hydrogen-bond acceptors (Lipinski definition) is 2. The Labute approximate surface area is 79.6 Å². The molecule has 0 aromatic rings. The van der Waals surface area contributed by atoms with Gasteiger partial charge in [-0.25, -0.2) is 0 Å². The molecule has 0 amide bonds. The van der Waals surface area contributed by atoms with Crippen molar-refractivity contribution in [1.82, 2.24) is 5.32 Å². The Balaban J connectivity index is 1.81. The largest absolute Gasteiger partial charge is 0.381 e. The van der Waals surface area contributed by atoms with E-state index in [0.717, 1.165) is 44.5 Å². The van der Waals surface area contributed by atoms with Crippen molar-refractivity contribution in [3.8, 4) is 0 Å². The van der Waals surface area contributed by atoms with Gasteiger partial charge in [-0.3, -0.25) is 0 Å². The Bertz CT molecular complexity index is 105. The predicted octanol–water partition coefficient (Wildman–Crippen LogP) is 1.63. The Kier molecular flexibility index (Phi) is 5.74. The highest BCUT2D eigenvalue weighted by Gasteiger charge is 2.14. The minimum absolute atomic E-state index is 0.751. The van der Waals surface area contributed by atoms with Gasteiger partial charge in [-0.05, 0) is 31.7 Å². The molecule has 1 unspecified atom stereocenters. The van der Waals surface area contributed by atoms with E-state index >= 15 is 0 Å². The van der Waals surface area contributed by atoms with Crippen LogP contribution in [0, 0.1) is 5.92 Å². The van der Waals surface area contributed by atoms with Crippen LogP contribution in [0.2, 0.25) is 0 Å². The van der Waals surface area contributed by atoms with Crippen LogP contribution in [0.25, 0.3) is 0 Å². The molecular formula is C9H18ClNO. The lowest BCUT2D eigenvalue weighted by molar-refractivity contribution is 0.185. The molecule has 1 aliphatic heterocycles. The molecule has 72 valence electrons. The molecule has 1 saturated heterocycles. The fraction of sp³-hybridized carbons (Fsp3) is 1.00. The van der Waals surface area contributed by atoms with Gasteiger partial charge in [0.05, 0.1) is 6.61 Å². The normalized spacial score (nSPS) is 23.2. The number of unbranched alkanes of at least 4 members (excludes halogenated alkanes) is 1. The van der Waals surface area contributed by atoms with Crippen molar-refractivity contribution in [3.63, 3.8) is 0 Å². The quantitative estimate of drug-likeness (QED) is 0.509. The highest BCUT2D eigenvalue weighted by atomic mass is 35.5. The number of halogens is 1. The van der Waals surface area contributed by atoms with Crippen LogP contribution in [0.3, 0.4) is 0 Å². The van der Waals surface area contributed by atoms with Crippen molar-refractivity contribution in [3.05, 3.63) is 0 Å². The second-order valence-electron chi connectivity index (χ2n) is 3.33. The topological polar surface area (TPSA) is 21.3 Å². The van der Waals surface area contributed by atoms with Crippen LogP contribution in [0.15, 0.2) is 0 Å². The van der Waals surface area contributed by atoms with Gasteiger partial charge in [-0.1, -0.05) is 0 Å². The van der Waals surface area contributed by atoms with Gasteiger partial charge < -0.3 is 10.1 Å². The van der Waals surface area contributed by atoms with Crippen molar-refractivity contribution >= 4 is 11.6 Å². The molecule has 0 spiro atoms. The lowest BCUT2D eigenvalue weighted by Gasteiger charge is -2.08. The summed E-state index contributed by atoms with van der Waals surface area (Å²) >= 11 is 5.56. The summed E-state index contributed by atoms with van der Waals surface area (Å²) in [4.78, 5) is 0. The zero-order valence-corrected chi connectivity index (χ0v) is 8.28. The van der Waals surface area contributed by atoms with E-state index in [2.05, 4.69) is 5.32 Å². The van der Waals surface area contributed by atoms with Crippen LogP contribution in [-0.2, 0) is 4.74 Å². The molecule has 0 aromatic carbocycles. The summed E-state index contributed by atoms with van der Waals surface area (Å²) in [6.07, 6.45) is 3.54. The maximum absolute atomic E-state index is 5.56. The molecule has 1 heterocycles. The molecule has 0 saturated carbocycles. The monoisotopic (exact) mass is 191 g/mol. The first-order valence-electron chi connectivity index (χ1n) is 4.78. The molecule has 1 atom stereocenters. The third kappa shape index (κ3) is 4.29. The number of hydrogen-bond donors (Lipinski definition) is 1. The van der Waals surface area contributed by atoms with E-state index in [1.807, 2.05) is 0 Å². The molecule has 0 bridgehead atoms. The molecule has 2 nitrogen and oxygen atoms in total. The van der Waals surface area contributed by atoms with Crippen molar-refractivity contribution in [2.75, 3.05) is 32.2 Å². The molecule has 1 fully saturated rings. The molecule has 0 radical (unpaired) electrons. The van der Waals surface area contributed by atoms with Gasteiger partial charge in [-0.2, -0.15) is 0 Å². The Morgan fingerprint density at radius 2 is 2.33 bits per heavy atom. The first-order valence-corrected chi connectivity index (χ1v) is 5.31. The number of ether oxygens (including phenoxy) is 1. The summed E-state index contributed by atoms with van der Waals surface area (Å²) in [5, 5.41) is 3.42. The maximum atomic E-state index is 5.56. The average Bonchev–Trinajstić information content (AvgIpc) is 2.57. The lowest BCUT2D eigenvalue weighted by Crippen LogP contribution is -2.24. The predicted molar refractivity (Wildman–Crippen MR) is 51.7 cm³/mol. The smallest absolute Gasteiger partial charge is 0.0507 e. The van der Waals surface area contributed by atoms with Crippen LogP contribution in [0.5, 0.6) is 0 Å². The third-order valence-corrected chi connectivity index (χ3v) is 2.46. The van der Waals surface area contributed by atoms with Gasteiger partial charge in [0, 0.05) is 19.0 Å². The Hall–Kier alpha value is 0.210. The van der Waals surface area contributed by atoms with Gasteiger partial charge in [0.1, 0.15) is 0 Å². The molecular weight excluding hydrogens is 174 g/mol. The first kappa shape index (κ1) is 10.3. The summed E-state index contributed by atoms with van der Waals surface area (Å²) in [7, 11) is 0. The van der Waals surface area contributed by atoms with Crippen molar-refractivity contribution in [2.24, 2.45) is 5.92 Å². The van der Waals surface area contributed by atoms with E-state index in [1.165, 1.54) is 12.8 Å². The van der Waals surface area contributed by atoms with Gasteiger partial charge in [0.2, 0.25) is 0 Å². The first-order chi connectivity index (χ1) is 5.93. The zero-order valence-electron chi connectivity index (χ0n) is 7.52. The SMILES string of the molecule is ClCCCCNCC1CCOC1. The van der Waals surface area contributed by atoms with Crippen LogP contribution < -0.4 is 5.32 Å². The Morgan fingerprint density at radius 3 is 3.00 bits per heavy atom. The average molecular weight is 192 g/mol. The second-order valence-corrected chi connectivity index (χ2v) is 3.71. The van der Waals surface area contributed by atoms with E-state index in [1.54, 1.807) is 0 Å². The van der Waals surface area contributed by atoms with Gasteiger partial charge in [0.25, 0.3) is 0 Å². The molecule has 0 aliphatic carbocycles. The van der Waals surface area contributed by atoms with E-state index in [4.69, 9.17) is 16.3 Å². The molecule has 1 aliphatic rings. The summed E-state index contributed by atoms with van der Waals surface area (Å²) in [6.45, 7) is 4.11. The summed E-state index contributed by atoms with van der Waals surface area (Å²) in [6, 6.07) is 0. The van der Waals surface area contributed by atoms with Crippen LogP contribution in [-0.4, -0.2) is 32.2 Å². The van der Waals surface area contributed by atoms with Gasteiger partial charge in [-0.15, -0.1) is 11.6 Å². The Morgan fingerprint density at radius 1 is 1.42 bits per heavy atom. The zero-order chi connectivity index (χ0) is 8.65. The fourth-order valence-corrected chi connectivity index (χ4v) is 1.58. The van der Waals surface area contributed by atoms with Crippen molar-refractivity contribution in [2.45, 2.75) is 19.3 Å². The summed E-state index contributed by atoms with van der Waals surface area (Å²) in [5.74, 6) is 1.54. The van der Waals surface area contributed by atoms with E-state index < -0.39 is 0 Å². The van der Waals surface area contributed by atoms with Crippen LogP contribution in [0.1, 0.15) is 19.3 Å². The maximum Gasteiger partial charge on any atom is 0.0507 e. The number of rotatable bonds is 6. The fourth-order valence-electron chi connectivity index (χ4n) is 1.39. The van der Waals surface area contributed by atoms with Crippen molar-refractivity contribution in [1.29, 1.82) is 0 Å². The summed E-state index contributed by atoms with van der Waals surface area (Å²) in [5.41, 5.74) is 0. The molecule has 1 N–H and O–H groups in total. The number of nitrogens with one attached hydrogen (secondary N) is 1. The van der Waals surface area contributed by atoms with Gasteiger partial charge >= 0.3 is 0 Å². The van der Waals surface area contributed by atoms with Crippen molar-refractivity contribution < 1.29 is 4.74 Å². The highest BCUT2D eigenvalue weighted by Crippen LogP contribution is 2.10. The third-order valence-electron chi connectivity index (χ3n) is 2.19. The minimum atomic E-state index is 0.751. The second kappa shape index (κ2) is 6.70. The molecule has 0 aromatic heterocycles. The summed E-state index contributed by atoms with van der Waals surface area (Å²) < 4.78 is 5.27. The van der Waals surface area contributed by atoms with E-state index in [9.17, 15) is 0 Å². The van der Waals surface area contributed by atoms with Gasteiger partial charge in [0.15, 0.2) is 0 Å². The standard InChI is InChI=1S/C9H18ClNO/c10-4-1-2-5-11-7-9-3-6-12-8-9/h9,11H,1-8H2. The molecule has 12 heavy (non-hydrogen) atoms. The van der Waals surface area contributed by atoms with E-state index in [0.29, 0.717) is 0 Å². The van der Waals surface area contributed by atoms with Crippen LogP contribution >= 0.6 is 11.6 Å². The minimum Gasteiger partial charge on any atom is -0.381 e. The number of alkyl halides is 1. The molecule has 3 heteroatoms. The lowest BCUT2D eigenvalue weighted by atomic mass is 10.1. The van der Waals surface area contributed by atoms with Crippen LogP contribution in [0.4, 0.5) is 0 Å². The highest BCUT2D eigenvalue weighted by molar-refractivity contribution is 6.17.